The van der Waals surface area contributed by atoms with Gasteiger partial charge >= 0.3 is 5.97 Å². The van der Waals surface area contributed by atoms with E-state index in [0.717, 1.165) is 0 Å². The van der Waals surface area contributed by atoms with Gasteiger partial charge in [0.2, 0.25) is 5.91 Å². The summed E-state index contributed by atoms with van der Waals surface area (Å²) in [5.74, 6) is -1.68. The van der Waals surface area contributed by atoms with Gasteiger partial charge in [0.1, 0.15) is 17.9 Å². The Morgan fingerprint density at radius 3 is 2.62 bits per heavy atom. The average Bonchev–Trinajstić information content (AvgIpc) is 2.99. The fourth-order valence-corrected chi connectivity index (χ4v) is 3.15. The third-order valence-corrected chi connectivity index (χ3v) is 4.65. The number of hydrogen-bond acceptors (Lipinski definition) is 5. The van der Waals surface area contributed by atoms with Gasteiger partial charge in [-0.2, -0.15) is 0 Å². The summed E-state index contributed by atoms with van der Waals surface area (Å²) in [6.07, 6.45) is 2.31. The van der Waals surface area contributed by atoms with Gasteiger partial charge in [0.15, 0.2) is 0 Å². The number of aromatic nitrogens is 1. The van der Waals surface area contributed by atoms with E-state index >= 15 is 0 Å². The molecule has 26 heavy (non-hydrogen) atoms. The molecule has 0 aromatic carbocycles. The molecule has 0 fully saturated rings. The molecule has 1 aromatic heterocycles. The number of aliphatic carboxylic acids is 1. The summed E-state index contributed by atoms with van der Waals surface area (Å²) in [6, 6.07) is 1.22. The van der Waals surface area contributed by atoms with E-state index in [-0.39, 0.29) is 18.2 Å². The van der Waals surface area contributed by atoms with Crippen molar-refractivity contribution < 1.29 is 19.5 Å². The van der Waals surface area contributed by atoms with Crippen LogP contribution in [0.15, 0.2) is 18.3 Å². The van der Waals surface area contributed by atoms with Crippen LogP contribution in [0, 0.1) is 5.92 Å². The van der Waals surface area contributed by atoms with Crippen molar-refractivity contribution in [3.05, 3.63) is 23.9 Å². The zero-order valence-corrected chi connectivity index (χ0v) is 15.5. The highest BCUT2D eigenvalue weighted by Crippen LogP contribution is 2.31. The third kappa shape index (κ3) is 3.85. The Morgan fingerprint density at radius 2 is 2.08 bits per heavy atom. The second kappa shape index (κ2) is 8.27. The van der Waals surface area contributed by atoms with E-state index in [9.17, 15) is 19.5 Å². The zero-order valence-electron chi connectivity index (χ0n) is 15.5. The summed E-state index contributed by atoms with van der Waals surface area (Å²) in [6.45, 7) is 5.50. The first kappa shape index (κ1) is 19.8. The minimum absolute atomic E-state index is 0.205. The maximum absolute atomic E-state index is 13.2. The van der Waals surface area contributed by atoms with E-state index in [4.69, 9.17) is 0 Å². The van der Waals surface area contributed by atoms with E-state index in [1.165, 1.54) is 11.1 Å². The predicted octanol–water partition coefficient (Wildman–Crippen LogP) is 0.563. The molecule has 8 heteroatoms. The topological polar surface area (TPSA) is 112 Å². The van der Waals surface area contributed by atoms with E-state index in [0.29, 0.717) is 17.8 Å². The number of carbonyl (C=O) groups excluding carboxylic acids is 2. The number of nitrogens with zero attached hydrogens (tertiary/aromatic N) is 2. The van der Waals surface area contributed by atoms with E-state index in [2.05, 4.69) is 15.6 Å². The number of fused-ring (bicyclic) bond motifs is 1. The van der Waals surface area contributed by atoms with Crippen LogP contribution in [0.3, 0.4) is 0 Å². The van der Waals surface area contributed by atoms with Crippen LogP contribution < -0.4 is 15.5 Å². The number of carboxylic acid groups (broad SMARTS) is 1. The third-order valence-electron chi connectivity index (χ3n) is 4.65. The van der Waals surface area contributed by atoms with Crippen LogP contribution in [0.25, 0.3) is 0 Å². The van der Waals surface area contributed by atoms with Crippen molar-refractivity contribution in [1.29, 1.82) is 0 Å². The first-order valence-electron chi connectivity index (χ1n) is 8.79. The summed E-state index contributed by atoms with van der Waals surface area (Å²) in [5, 5.41) is 15.2. The largest absolute Gasteiger partial charge is 0.480 e. The van der Waals surface area contributed by atoms with Crippen LogP contribution in [-0.4, -0.2) is 53.0 Å². The highest BCUT2D eigenvalue weighted by atomic mass is 16.4. The highest BCUT2D eigenvalue weighted by molar-refractivity contribution is 6.05. The molecule has 2 rings (SSSR count). The smallest absolute Gasteiger partial charge is 0.327 e. The SMILES string of the molecule is CCC(NC)C(=O)NC(C(=O)N1c2ncccc2CC1C(=O)O)C(C)C. The normalized spacial score (nSPS) is 18.3. The van der Waals surface area contributed by atoms with Gasteiger partial charge in [-0.1, -0.05) is 26.8 Å². The Kier molecular flexibility index (Phi) is 6.31. The lowest BCUT2D eigenvalue weighted by atomic mass is 10.0. The van der Waals surface area contributed by atoms with Crippen LogP contribution in [0.1, 0.15) is 32.8 Å². The molecule has 8 nitrogen and oxygen atoms in total. The molecule has 1 aliphatic heterocycles. The fraction of sp³-hybridized carbons (Fsp3) is 0.556. The van der Waals surface area contributed by atoms with Crippen molar-refractivity contribution in [2.24, 2.45) is 5.92 Å². The van der Waals surface area contributed by atoms with Crippen LogP contribution in [-0.2, 0) is 20.8 Å². The zero-order chi connectivity index (χ0) is 19.4. The molecule has 0 saturated carbocycles. The van der Waals surface area contributed by atoms with Gasteiger partial charge in [-0.15, -0.1) is 0 Å². The lowest BCUT2D eigenvalue weighted by Crippen LogP contribution is -2.57. The molecule has 2 heterocycles. The molecule has 0 spiro atoms. The molecule has 3 N–H and O–H groups in total. The number of rotatable bonds is 7. The molecule has 0 bridgehead atoms. The number of nitrogens with one attached hydrogen (secondary N) is 2. The maximum atomic E-state index is 13.2. The van der Waals surface area contributed by atoms with Gasteiger partial charge in [0.25, 0.3) is 5.91 Å². The van der Waals surface area contributed by atoms with Gasteiger partial charge < -0.3 is 15.7 Å². The molecule has 1 aromatic rings. The van der Waals surface area contributed by atoms with Gasteiger partial charge in [-0.3, -0.25) is 14.5 Å². The number of carboxylic acids is 1. The Balaban J connectivity index is 2.32. The van der Waals surface area contributed by atoms with Gasteiger partial charge in [0.05, 0.1) is 6.04 Å². The monoisotopic (exact) mass is 362 g/mol. The van der Waals surface area contributed by atoms with Crippen LogP contribution >= 0.6 is 0 Å². The highest BCUT2D eigenvalue weighted by Gasteiger charge is 2.43. The number of anilines is 1. The molecule has 3 atom stereocenters. The second-order valence-corrected chi connectivity index (χ2v) is 6.73. The first-order valence-corrected chi connectivity index (χ1v) is 8.79. The molecule has 1 aliphatic rings. The minimum atomic E-state index is -1.09. The second-order valence-electron chi connectivity index (χ2n) is 6.73. The van der Waals surface area contributed by atoms with Gasteiger partial charge in [0, 0.05) is 12.6 Å². The average molecular weight is 362 g/mol. The van der Waals surface area contributed by atoms with E-state index < -0.39 is 30.0 Å². The number of carbonyl (C=O) groups is 3. The number of hydrogen-bond donors (Lipinski definition) is 3. The summed E-state index contributed by atoms with van der Waals surface area (Å²) in [4.78, 5) is 42.7. The Morgan fingerprint density at radius 1 is 1.38 bits per heavy atom. The number of pyridine rings is 1. The summed E-state index contributed by atoms with van der Waals surface area (Å²) in [7, 11) is 1.68. The number of amides is 2. The molecule has 0 aliphatic carbocycles. The molecular weight excluding hydrogens is 336 g/mol. The van der Waals surface area contributed by atoms with Crippen molar-refractivity contribution in [1.82, 2.24) is 15.6 Å². The lowest BCUT2D eigenvalue weighted by Gasteiger charge is -2.30. The van der Waals surface area contributed by atoms with Crippen LogP contribution in [0.4, 0.5) is 5.82 Å². The van der Waals surface area contributed by atoms with Crippen LogP contribution in [0.5, 0.6) is 0 Å². The van der Waals surface area contributed by atoms with Crippen molar-refractivity contribution in [2.75, 3.05) is 11.9 Å². The molecule has 0 saturated heterocycles. The quantitative estimate of drug-likeness (QED) is 0.654. The first-order chi connectivity index (χ1) is 12.3. The van der Waals surface area contributed by atoms with Crippen molar-refractivity contribution >= 4 is 23.6 Å². The van der Waals surface area contributed by atoms with Crippen molar-refractivity contribution in [2.45, 2.75) is 51.7 Å². The predicted molar refractivity (Wildman–Crippen MR) is 96.8 cm³/mol. The fourth-order valence-electron chi connectivity index (χ4n) is 3.15. The molecule has 0 radical (unpaired) electrons. The van der Waals surface area contributed by atoms with E-state index in [1.807, 2.05) is 20.8 Å². The number of likely N-dealkylation sites (N-methyl/N-ethyl adjacent to an activating group) is 1. The summed E-state index contributed by atoms with van der Waals surface area (Å²) < 4.78 is 0. The maximum Gasteiger partial charge on any atom is 0.327 e. The standard InChI is InChI=1S/C18H26N4O4/c1-5-12(19-4)16(23)21-14(10(2)3)17(24)22-13(18(25)26)9-11-7-6-8-20-15(11)22/h6-8,10,12-14,19H,5,9H2,1-4H3,(H,21,23)(H,25,26). The summed E-state index contributed by atoms with van der Waals surface area (Å²) >= 11 is 0. The van der Waals surface area contributed by atoms with E-state index in [1.54, 1.807) is 19.2 Å². The Bertz CT molecular complexity index is 688. The Labute approximate surface area is 153 Å². The lowest BCUT2D eigenvalue weighted by molar-refractivity contribution is -0.140. The van der Waals surface area contributed by atoms with Gasteiger partial charge in [-0.25, -0.2) is 9.78 Å². The molecule has 3 unspecified atom stereocenters. The molecular formula is C18H26N4O4. The van der Waals surface area contributed by atoms with Crippen LogP contribution in [0.2, 0.25) is 0 Å². The molecule has 2 amide bonds. The molecule has 142 valence electrons. The minimum Gasteiger partial charge on any atom is -0.480 e. The van der Waals surface area contributed by atoms with Crippen molar-refractivity contribution in [3.8, 4) is 0 Å². The summed E-state index contributed by atoms with van der Waals surface area (Å²) in [5.41, 5.74) is 0.712. The van der Waals surface area contributed by atoms with Gasteiger partial charge in [-0.05, 0) is 31.0 Å². The van der Waals surface area contributed by atoms with Crippen molar-refractivity contribution in [3.63, 3.8) is 0 Å². The Hall–Kier alpha value is -2.48.